The van der Waals surface area contributed by atoms with Crippen LogP contribution in [-0.4, -0.2) is 24.4 Å². The van der Waals surface area contributed by atoms with E-state index in [2.05, 4.69) is 22.6 Å². The summed E-state index contributed by atoms with van der Waals surface area (Å²) in [6.07, 6.45) is 3.79. The molecular weight excluding hydrogens is 170 g/mol. The molecule has 0 bridgehead atoms. The van der Waals surface area contributed by atoms with Gasteiger partial charge in [0.2, 0.25) is 0 Å². The number of aromatic nitrogens is 2. The molecule has 0 saturated heterocycles. The van der Waals surface area contributed by atoms with Gasteiger partial charge in [0.1, 0.15) is 6.20 Å². The van der Waals surface area contributed by atoms with Gasteiger partial charge in [-0.05, 0) is 5.10 Å². The third-order valence-corrected chi connectivity index (χ3v) is 1.91. The lowest BCUT2D eigenvalue weighted by Crippen LogP contribution is -2.32. The third-order valence-electron chi connectivity index (χ3n) is 1.71. The van der Waals surface area contributed by atoms with Crippen molar-refractivity contribution >= 4 is 18.3 Å². The lowest BCUT2D eigenvalue weighted by atomic mass is 10.4. The van der Waals surface area contributed by atoms with Gasteiger partial charge in [0.05, 0.1) is 5.69 Å². The van der Waals surface area contributed by atoms with Crippen molar-refractivity contribution in [3.8, 4) is 0 Å². The highest BCUT2D eigenvalue weighted by Crippen LogP contribution is 2.06. The van der Waals surface area contributed by atoms with Crippen LogP contribution in [0, 0.1) is 0 Å². The molecule has 1 aromatic rings. The first-order valence-electron chi connectivity index (χ1n) is 3.88. The second-order valence-electron chi connectivity index (χ2n) is 2.70. The monoisotopic (exact) mass is 184 g/mol. The molecule has 1 heterocycles. The second-order valence-corrected chi connectivity index (χ2v) is 3.15. The normalized spacial score (nSPS) is 9.92. The summed E-state index contributed by atoms with van der Waals surface area (Å²) in [5.74, 6) is 0.859. The highest BCUT2D eigenvalue weighted by molar-refractivity contribution is 7.80. The molecule has 0 radical (unpaired) electrons. The number of thiol groups is 1. The van der Waals surface area contributed by atoms with Gasteiger partial charge in [-0.15, -0.1) is 0 Å². The summed E-state index contributed by atoms with van der Waals surface area (Å²) >= 11 is 4.16. The standard InChI is InChI=1S/C8H13N3S/c1-10(5-6-12)8-3-4-11(2)9-7-8/h3-4,7H,5-6H2,1-2H3/p+1. The molecule has 1 rings (SSSR count). The minimum absolute atomic E-state index is 0.859. The molecule has 0 amide bonds. The van der Waals surface area contributed by atoms with Gasteiger partial charge in [0.15, 0.2) is 13.2 Å². The highest BCUT2D eigenvalue weighted by Gasteiger charge is 2.01. The smallest absolute Gasteiger partial charge is 0.198 e. The Balaban J connectivity index is 2.68. The number of nitrogens with zero attached hydrogens (tertiary/aromatic N) is 3. The van der Waals surface area contributed by atoms with Gasteiger partial charge in [0, 0.05) is 25.4 Å². The Morgan fingerprint density at radius 2 is 2.42 bits per heavy atom. The van der Waals surface area contributed by atoms with E-state index in [1.165, 1.54) is 0 Å². The van der Waals surface area contributed by atoms with Gasteiger partial charge < -0.3 is 4.90 Å². The van der Waals surface area contributed by atoms with E-state index < -0.39 is 0 Å². The topological polar surface area (TPSA) is 20.0 Å². The van der Waals surface area contributed by atoms with Crippen molar-refractivity contribution in [2.24, 2.45) is 7.05 Å². The van der Waals surface area contributed by atoms with E-state index in [0.29, 0.717) is 0 Å². The Labute approximate surface area is 78.4 Å². The summed E-state index contributed by atoms with van der Waals surface area (Å²) in [5.41, 5.74) is 1.13. The van der Waals surface area contributed by atoms with Crippen LogP contribution in [0.2, 0.25) is 0 Å². The molecule has 3 nitrogen and oxygen atoms in total. The van der Waals surface area contributed by atoms with Gasteiger partial charge >= 0.3 is 0 Å². The first-order valence-corrected chi connectivity index (χ1v) is 4.51. The quantitative estimate of drug-likeness (QED) is 0.537. The van der Waals surface area contributed by atoms with Crippen LogP contribution in [0.25, 0.3) is 0 Å². The van der Waals surface area contributed by atoms with Gasteiger partial charge in [-0.2, -0.15) is 12.6 Å². The Morgan fingerprint density at radius 3 is 2.92 bits per heavy atom. The lowest BCUT2D eigenvalue weighted by molar-refractivity contribution is -0.730. The number of anilines is 1. The van der Waals surface area contributed by atoms with Crippen LogP contribution in [0.3, 0.4) is 0 Å². The lowest BCUT2D eigenvalue weighted by Gasteiger charge is -2.15. The summed E-state index contributed by atoms with van der Waals surface area (Å²) in [6.45, 7) is 0.943. The van der Waals surface area contributed by atoms with Crippen molar-refractivity contribution in [2.45, 2.75) is 0 Å². The van der Waals surface area contributed by atoms with E-state index in [0.717, 1.165) is 18.0 Å². The summed E-state index contributed by atoms with van der Waals surface area (Å²) < 4.78 is 1.78. The zero-order valence-corrected chi connectivity index (χ0v) is 8.33. The summed E-state index contributed by atoms with van der Waals surface area (Å²) in [7, 11) is 3.94. The molecule has 0 atom stereocenters. The first-order chi connectivity index (χ1) is 5.74. The average Bonchev–Trinajstić information content (AvgIpc) is 2.06. The van der Waals surface area contributed by atoms with Crippen LogP contribution < -0.4 is 9.58 Å². The molecule has 0 aromatic carbocycles. The zero-order chi connectivity index (χ0) is 8.97. The van der Waals surface area contributed by atoms with E-state index in [4.69, 9.17) is 0 Å². The first kappa shape index (κ1) is 9.32. The zero-order valence-electron chi connectivity index (χ0n) is 7.44. The maximum Gasteiger partial charge on any atom is 0.198 e. The fourth-order valence-electron chi connectivity index (χ4n) is 0.921. The van der Waals surface area contributed by atoms with E-state index in [1.807, 2.05) is 32.6 Å². The van der Waals surface area contributed by atoms with E-state index in [9.17, 15) is 0 Å². The van der Waals surface area contributed by atoms with Crippen molar-refractivity contribution in [2.75, 3.05) is 24.2 Å². The largest absolute Gasteiger partial charge is 0.372 e. The molecule has 0 fully saturated rings. The maximum absolute atomic E-state index is 4.16. The highest BCUT2D eigenvalue weighted by atomic mass is 32.1. The summed E-state index contributed by atoms with van der Waals surface area (Å²) in [4.78, 5) is 2.12. The fourth-order valence-corrected chi connectivity index (χ4v) is 1.22. The molecular formula is C8H14N3S+. The van der Waals surface area contributed by atoms with Gasteiger partial charge in [-0.25, -0.2) is 0 Å². The SMILES string of the molecule is CN(CCS)c1cc[n+](C)nc1. The minimum atomic E-state index is 0.859. The van der Waals surface area contributed by atoms with E-state index >= 15 is 0 Å². The van der Waals surface area contributed by atoms with Gasteiger partial charge in [0.25, 0.3) is 0 Å². The summed E-state index contributed by atoms with van der Waals surface area (Å²) in [5, 5.41) is 4.13. The number of hydrogen-bond acceptors (Lipinski definition) is 3. The Morgan fingerprint density at radius 1 is 1.67 bits per heavy atom. The molecule has 0 aliphatic rings. The van der Waals surface area contributed by atoms with Crippen molar-refractivity contribution in [1.29, 1.82) is 0 Å². The molecule has 1 aromatic heterocycles. The Bertz CT molecular complexity index is 235. The minimum Gasteiger partial charge on any atom is -0.372 e. The predicted molar refractivity (Wildman–Crippen MR) is 52.5 cm³/mol. The fraction of sp³-hybridized carbons (Fsp3) is 0.500. The van der Waals surface area contributed by atoms with E-state index in [-0.39, 0.29) is 0 Å². The Kier molecular flexibility index (Phi) is 3.34. The average molecular weight is 184 g/mol. The molecule has 0 N–H and O–H groups in total. The molecule has 4 heteroatoms. The predicted octanol–water partition coefficient (Wildman–Crippen LogP) is 0.272. The second kappa shape index (κ2) is 4.30. The molecule has 0 spiro atoms. The molecule has 0 aliphatic heterocycles. The van der Waals surface area contributed by atoms with Crippen molar-refractivity contribution < 1.29 is 4.68 Å². The maximum atomic E-state index is 4.16. The summed E-state index contributed by atoms with van der Waals surface area (Å²) in [6, 6.07) is 2.04. The van der Waals surface area contributed by atoms with Crippen LogP contribution in [0.15, 0.2) is 18.5 Å². The third kappa shape index (κ3) is 2.37. The van der Waals surface area contributed by atoms with E-state index in [1.54, 1.807) is 4.68 Å². The molecule has 0 aliphatic carbocycles. The van der Waals surface area contributed by atoms with Crippen LogP contribution >= 0.6 is 12.6 Å². The molecule has 0 unspecified atom stereocenters. The molecule has 66 valence electrons. The van der Waals surface area contributed by atoms with Crippen LogP contribution in [0.1, 0.15) is 0 Å². The number of aryl methyl sites for hydroxylation is 1. The van der Waals surface area contributed by atoms with Gasteiger partial charge in [-0.1, -0.05) is 4.68 Å². The molecule has 0 saturated carbocycles. The van der Waals surface area contributed by atoms with Crippen molar-refractivity contribution in [1.82, 2.24) is 5.10 Å². The number of rotatable bonds is 3. The van der Waals surface area contributed by atoms with Crippen LogP contribution in [0.5, 0.6) is 0 Å². The van der Waals surface area contributed by atoms with Crippen LogP contribution in [-0.2, 0) is 7.05 Å². The van der Waals surface area contributed by atoms with Crippen molar-refractivity contribution in [3.05, 3.63) is 18.5 Å². The van der Waals surface area contributed by atoms with Crippen molar-refractivity contribution in [3.63, 3.8) is 0 Å². The van der Waals surface area contributed by atoms with Gasteiger partial charge in [-0.3, -0.25) is 0 Å². The number of hydrogen-bond donors (Lipinski definition) is 1. The molecule has 12 heavy (non-hydrogen) atoms. The Hall–Kier alpha value is -0.770. The van der Waals surface area contributed by atoms with Crippen LogP contribution in [0.4, 0.5) is 5.69 Å².